The zero-order chi connectivity index (χ0) is 18.3. The van der Waals surface area contributed by atoms with Gasteiger partial charge in [-0.1, -0.05) is 29.5 Å². The lowest BCUT2D eigenvalue weighted by Crippen LogP contribution is -2.17. The van der Waals surface area contributed by atoms with E-state index in [-0.39, 0.29) is 5.56 Å². The van der Waals surface area contributed by atoms with Crippen LogP contribution in [0.2, 0.25) is 0 Å². The van der Waals surface area contributed by atoms with Crippen LogP contribution in [0.15, 0.2) is 62.7 Å². The maximum Gasteiger partial charge on any atom is 0.349 e. The van der Waals surface area contributed by atoms with Gasteiger partial charge in [-0.2, -0.15) is 4.99 Å². The van der Waals surface area contributed by atoms with Gasteiger partial charge in [0, 0.05) is 12.4 Å². The summed E-state index contributed by atoms with van der Waals surface area (Å²) in [5.74, 6) is 0.103. The molecule has 0 aliphatic heterocycles. The largest absolute Gasteiger partial charge is 0.497 e. The first-order valence-electron chi connectivity index (χ1n) is 7.82. The molecule has 0 atom stereocenters. The van der Waals surface area contributed by atoms with Gasteiger partial charge in [-0.25, -0.2) is 4.79 Å². The molecule has 0 bridgehead atoms. The van der Waals surface area contributed by atoms with Crippen LogP contribution in [0.1, 0.15) is 10.4 Å². The Balaban J connectivity index is 1.85. The Kier molecular flexibility index (Phi) is 3.93. The number of hydrogen-bond acceptors (Lipinski definition) is 5. The van der Waals surface area contributed by atoms with Crippen molar-refractivity contribution >= 4 is 38.4 Å². The first-order valence-corrected chi connectivity index (χ1v) is 8.64. The predicted octanol–water partition coefficient (Wildman–Crippen LogP) is 3.10. The Bertz CT molecular complexity index is 1280. The number of nitrogens with zero attached hydrogens (tertiary/aromatic N) is 2. The van der Waals surface area contributed by atoms with E-state index in [2.05, 4.69) is 4.99 Å². The van der Waals surface area contributed by atoms with Gasteiger partial charge in [0.05, 0.1) is 17.3 Å². The molecule has 0 saturated carbocycles. The molecule has 2 aromatic carbocycles. The van der Waals surface area contributed by atoms with Crippen molar-refractivity contribution in [2.75, 3.05) is 7.11 Å². The Morgan fingerprint density at radius 3 is 2.81 bits per heavy atom. The molecule has 4 aromatic rings. The quantitative estimate of drug-likeness (QED) is 0.511. The van der Waals surface area contributed by atoms with E-state index >= 15 is 0 Å². The number of carbonyl (C=O) groups excluding carboxylic acids is 1. The average molecular weight is 366 g/mol. The van der Waals surface area contributed by atoms with Crippen LogP contribution in [0.25, 0.3) is 21.2 Å². The molecule has 7 heteroatoms. The number of ether oxygens (including phenoxy) is 1. The first kappa shape index (κ1) is 16.3. The van der Waals surface area contributed by atoms with Crippen molar-refractivity contribution < 1.29 is 13.9 Å². The molecule has 26 heavy (non-hydrogen) atoms. The van der Waals surface area contributed by atoms with E-state index in [9.17, 15) is 9.59 Å². The third kappa shape index (κ3) is 2.72. The molecule has 6 nitrogen and oxygen atoms in total. The molecule has 0 N–H and O–H groups in total. The van der Waals surface area contributed by atoms with Crippen molar-refractivity contribution in [2.24, 2.45) is 12.0 Å². The van der Waals surface area contributed by atoms with Gasteiger partial charge in [-0.05, 0) is 30.3 Å². The number of thiazole rings is 1. The maximum absolute atomic E-state index is 12.6. The van der Waals surface area contributed by atoms with Gasteiger partial charge in [0.25, 0.3) is 5.91 Å². The van der Waals surface area contributed by atoms with E-state index in [1.807, 2.05) is 31.3 Å². The predicted molar refractivity (Wildman–Crippen MR) is 99.7 cm³/mol. The number of hydrogen-bond donors (Lipinski definition) is 0. The van der Waals surface area contributed by atoms with Gasteiger partial charge in [-0.3, -0.25) is 4.79 Å². The number of aromatic nitrogens is 1. The summed E-state index contributed by atoms with van der Waals surface area (Å²) in [7, 11) is 3.42. The Morgan fingerprint density at radius 1 is 1.19 bits per heavy atom. The third-order valence-electron chi connectivity index (χ3n) is 4.09. The van der Waals surface area contributed by atoms with Gasteiger partial charge in [0.1, 0.15) is 16.9 Å². The van der Waals surface area contributed by atoms with Crippen LogP contribution in [0.5, 0.6) is 5.75 Å². The molecule has 0 fully saturated rings. The molecule has 0 radical (unpaired) electrons. The molecule has 2 aromatic heterocycles. The highest BCUT2D eigenvalue weighted by molar-refractivity contribution is 7.16. The van der Waals surface area contributed by atoms with Crippen molar-refractivity contribution in [3.8, 4) is 5.75 Å². The zero-order valence-corrected chi connectivity index (χ0v) is 14.9. The zero-order valence-electron chi connectivity index (χ0n) is 14.1. The number of rotatable bonds is 2. The minimum absolute atomic E-state index is 0.0845. The highest BCUT2D eigenvalue weighted by Crippen LogP contribution is 2.22. The summed E-state index contributed by atoms with van der Waals surface area (Å²) in [5.41, 5.74) is 0.586. The minimum Gasteiger partial charge on any atom is -0.497 e. The lowest BCUT2D eigenvalue weighted by atomic mass is 10.2. The standard InChI is InChI=1S/C19H14N2O4S/c1-21-14-8-7-12(24-2)10-16(14)26-19(21)20-17(22)13-9-11-5-3-4-6-15(11)25-18(13)23/h3-10H,1-2H3. The molecule has 1 amide bonds. The summed E-state index contributed by atoms with van der Waals surface area (Å²) in [6, 6.07) is 14.2. The molecule has 130 valence electrons. The SMILES string of the molecule is COc1ccc2c(c1)sc(=NC(=O)c1cc3ccccc3oc1=O)n2C. The molecule has 0 saturated heterocycles. The number of para-hydroxylation sites is 1. The first-order chi connectivity index (χ1) is 12.6. The van der Waals surface area contributed by atoms with Crippen molar-refractivity contribution in [3.63, 3.8) is 0 Å². The van der Waals surface area contributed by atoms with E-state index < -0.39 is 11.5 Å². The monoisotopic (exact) mass is 366 g/mol. The molecule has 2 heterocycles. The number of methoxy groups -OCH3 is 1. The van der Waals surface area contributed by atoms with Crippen LogP contribution in [0.4, 0.5) is 0 Å². The number of carbonyl (C=O) groups is 1. The van der Waals surface area contributed by atoms with Crippen LogP contribution in [-0.2, 0) is 7.05 Å². The van der Waals surface area contributed by atoms with E-state index in [0.717, 1.165) is 16.0 Å². The number of amides is 1. The molecule has 0 aliphatic carbocycles. The Labute approximate surface area is 151 Å². The van der Waals surface area contributed by atoms with Crippen LogP contribution < -0.4 is 15.2 Å². The van der Waals surface area contributed by atoms with Crippen molar-refractivity contribution in [2.45, 2.75) is 0 Å². The third-order valence-corrected chi connectivity index (χ3v) is 5.18. The second kappa shape index (κ2) is 6.27. The summed E-state index contributed by atoms with van der Waals surface area (Å²) >= 11 is 1.35. The maximum atomic E-state index is 12.6. The summed E-state index contributed by atoms with van der Waals surface area (Å²) in [4.78, 5) is 29.3. The molecule has 4 rings (SSSR count). The summed E-state index contributed by atoms with van der Waals surface area (Å²) in [6.07, 6.45) is 0. The van der Waals surface area contributed by atoms with Crippen LogP contribution >= 0.6 is 11.3 Å². The van der Waals surface area contributed by atoms with Crippen molar-refractivity contribution in [1.82, 2.24) is 4.57 Å². The number of benzene rings is 2. The second-order valence-electron chi connectivity index (χ2n) is 5.68. The molecule has 0 aliphatic rings. The fourth-order valence-electron chi connectivity index (χ4n) is 2.71. The average Bonchev–Trinajstić information content (AvgIpc) is 2.95. The smallest absolute Gasteiger partial charge is 0.349 e. The molecule has 0 unspecified atom stereocenters. The summed E-state index contributed by atoms with van der Waals surface area (Å²) < 4.78 is 13.2. The molecule has 0 spiro atoms. The van der Waals surface area contributed by atoms with Gasteiger partial charge < -0.3 is 13.7 Å². The van der Waals surface area contributed by atoms with E-state index in [1.54, 1.807) is 29.9 Å². The summed E-state index contributed by atoms with van der Waals surface area (Å²) in [5, 5.41) is 0.677. The fourth-order valence-corrected chi connectivity index (χ4v) is 3.75. The van der Waals surface area contributed by atoms with Crippen LogP contribution in [0.3, 0.4) is 0 Å². The van der Waals surface area contributed by atoms with Gasteiger partial charge in [-0.15, -0.1) is 0 Å². The summed E-state index contributed by atoms with van der Waals surface area (Å²) in [6.45, 7) is 0. The highest BCUT2D eigenvalue weighted by Gasteiger charge is 2.14. The van der Waals surface area contributed by atoms with E-state index in [4.69, 9.17) is 9.15 Å². The van der Waals surface area contributed by atoms with Gasteiger partial charge >= 0.3 is 5.63 Å². The van der Waals surface area contributed by atoms with E-state index in [1.165, 1.54) is 17.4 Å². The fraction of sp³-hybridized carbons (Fsp3) is 0.105. The Morgan fingerprint density at radius 2 is 2.00 bits per heavy atom. The second-order valence-corrected chi connectivity index (χ2v) is 6.69. The normalized spacial score (nSPS) is 12.0. The lowest BCUT2D eigenvalue weighted by Gasteiger charge is -1.99. The Hall–Kier alpha value is -3.19. The van der Waals surface area contributed by atoms with Crippen LogP contribution in [-0.4, -0.2) is 17.6 Å². The van der Waals surface area contributed by atoms with Gasteiger partial charge in [0.15, 0.2) is 4.80 Å². The van der Waals surface area contributed by atoms with E-state index in [0.29, 0.717) is 15.8 Å². The van der Waals surface area contributed by atoms with Crippen LogP contribution in [0, 0.1) is 0 Å². The lowest BCUT2D eigenvalue weighted by molar-refractivity contribution is 0.0994. The van der Waals surface area contributed by atoms with Crippen molar-refractivity contribution in [1.29, 1.82) is 0 Å². The number of fused-ring (bicyclic) bond motifs is 2. The highest BCUT2D eigenvalue weighted by atomic mass is 32.1. The number of aryl methyl sites for hydroxylation is 1. The minimum atomic E-state index is -0.692. The molecular formula is C19H14N2O4S. The van der Waals surface area contributed by atoms with Crippen molar-refractivity contribution in [3.05, 3.63) is 69.3 Å². The molecular weight excluding hydrogens is 352 g/mol. The van der Waals surface area contributed by atoms with Gasteiger partial charge in [0.2, 0.25) is 0 Å². The topological polar surface area (TPSA) is 73.8 Å².